The lowest BCUT2D eigenvalue weighted by Crippen LogP contribution is -2.09. The van der Waals surface area contributed by atoms with Crippen LogP contribution in [0.4, 0.5) is 0 Å². The van der Waals surface area contributed by atoms with E-state index in [2.05, 4.69) is 18.4 Å². The van der Waals surface area contributed by atoms with Crippen LogP contribution < -0.4 is 0 Å². The van der Waals surface area contributed by atoms with E-state index in [1.165, 1.54) is 23.3 Å². The van der Waals surface area contributed by atoms with Gasteiger partial charge in [-0.1, -0.05) is 6.42 Å². The molecule has 1 N–H and O–H groups in total. The molecule has 0 spiro atoms. The quantitative estimate of drug-likeness (QED) is 0.708. The number of rotatable bonds is 1. The first-order chi connectivity index (χ1) is 5.77. The molecule has 2 heteroatoms. The van der Waals surface area contributed by atoms with Gasteiger partial charge in [0.1, 0.15) is 0 Å². The van der Waals surface area contributed by atoms with Crippen molar-refractivity contribution in [3.8, 4) is 0 Å². The van der Waals surface area contributed by atoms with Crippen molar-refractivity contribution in [1.82, 2.24) is 0 Å². The Hall–Kier alpha value is -0.340. The summed E-state index contributed by atoms with van der Waals surface area (Å²) < 4.78 is 0. The lowest BCUT2D eigenvalue weighted by Gasteiger charge is -2.11. The minimum absolute atomic E-state index is 0.0805. The molecule has 2 rings (SSSR count). The molecule has 1 aliphatic rings. The SMILES string of the molecule is Cc1csc([C@@H]2CCC[C@H]2O)c1. The largest absolute Gasteiger partial charge is 0.392 e. The molecule has 0 unspecified atom stereocenters. The topological polar surface area (TPSA) is 20.2 Å². The third kappa shape index (κ3) is 1.41. The molecular weight excluding hydrogens is 168 g/mol. The maximum absolute atomic E-state index is 9.66. The number of hydrogen-bond donors (Lipinski definition) is 1. The number of aliphatic hydroxyl groups is 1. The van der Waals surface area contributed by atoms with Gasteiger partial charge in [-0.2, -0.15) is 0 Å². The van der Waals surface area contributed by atoms with Crippen molar-refractivity contribution in [2.75, 3.05) is 0 Å². The maximum Gasteiger partial charge on any atom is 0.0616 e. The van der Waals surface area contributed by atoms with Crippen LogP contribution in [0.25, 0.3) is 0 Å². The van der Waals surface area contributed by atoms with Crippen LogP contribution in [0.5, 0.6) is 0 Å². The molecule has 1 saturated carbocycles. The molecule has 1 aromatic heterocycles. The fraction of sp³-hybridized carbons (Fsp3) is 0.600. The molecule has 1 aliphatic carbocycles. The van der Waals surface area contributed by atoms with Gasteiger partial charge in [0.15, 0.2) is 0 Å². The van der Waals surface area contributed by atoms with Crippen LogP contribution >= 0.6 is 11.3 Å². The average molecular weight is 182 g/mol. The second-order valence-corrected chi connectivity index (χ2v) is 4.57. The van der Waals surface area contributed by atoms with Crippen LogP contribution in [0.1, 0.15) is 35.6 Å². The van der Waals surface area contributed by atoms with Crippen LogP contribution in [0.2, 0.25) is 0 Å². The van der Waals surface area contributed by atoms with E-state index in [0.29, 0.717) is 5.92 Å². The molecule has 1 nitrogen and oxygen atoms in total. The molecule has 66 valence electrons. The van der Waals surface area contributed by atoms with Gasteiger partial charge in [-0.15, -0.1) is 11.3 Å². The van der Waals surface area contributed by atoms with Crippen molar-refractivity contribution in [3.63, 3.8) is 0 Å². The van der Waals surface area contributed by atoms with Gasteiger partial charge in [0.05, 0.1) is 6.10 Å². The highest BCUT2D eigenvalue weighted by molar-refractivity contribution is 7.10. The lowest BCUT2D eigenvalue weighted by atomic mass is 10.0. The van der Waals surface area contributed by atoms with Crippen LogP contribution in [0, 0.1) is 6.92 Å². The summed E-state index contributed by atoms with van der Waals surface area (Å²) in [5, 5.41) is 11.8. The monoisotopic (exact) mass is 182 g/mol. The van der Waals surface area contributed by atoms with Gasteiger partial charge in [-0.25, -0.2) is 0 Å². The third-order valence-electron chi connectivity index (χ3n) is 2.60. The average Bonchev–Trinajstić information content (AvgIpc) is 2.58. The van der Waals surface area contributed by atoms with Crippen molar-refractivity contribution in [3.05, 3.63) is 21.9 Å². The van der Waals surface area contributed by atoms with Gasteiger partial charge in [0.25, 0.3) is 0 Å². The highest BCUT2D eigenvalue weighted by atomic mass is 32.1. The standard InChI is InChI=1S/C10H14OS/c1-7-5-10(12-6-7)8-3-2-4-9(8)11/h5-6,8-9,11H,2-4H2,1H3/t8-,9-/m1/s1. The first-order valence-corrected chi connectivity index (χ1v) is 5.38. The minimum atomic E-state index is -0.0805. The maximum atomic E-state index is 9.66. The van der Waals surface area contributed by atoms with Crippen LogP contribution in [0.15, 0.2) is 11.4 Å². The zero-order valence-electron chi connectivity index (χ0n) is 7.29. The molecule has 0 bridgehead atoms. The Balaban J connectivity index is 2.19. The number of thiophene rings is 1. The van der Waals surface area contributed by atoms with Crippen molar-refractivity contribution in [2.24, 2.45) is 0 Å². The Kier molecular flexibility index (Phi) is 2.20. The number of aryl methyl sites for hydroxylation is 1. The summed E-state index contributed by atoms with van der Waals surface area (Å²) in [6, 6.07) is 2.21. The van der Waals surface area contributed by atoms with Crippen molar-refractivity contribution in [1.29, 1.82) is 0 Å². The first-order valence-electron chi connectivity index (χ1n) is 4.50. The molecule has 1 fully saturated rings. The molecule has 0 radical (unpaired) electrons. The molecule has 2 atom stereocenters. The minimum Gasteiger partial charge on any atom is -0.392 e. The highest BCUT2D eigenvalue weighted by Crippen LogP contribution is 2.37. The highest BCUT2D eigenvalue weighted by Gasteiger charge is 2.27. The van der Waals surface area contributed by atoms with Crippen LogP contribution in [-0.2, 0) is 0 Å². The molecule has 1 heterocycles. The van der Waals surface area contributed by atoms with Crippen LogP contribution in [-0.4, -0.2) is 11.2 Å². The Morgan fingerprint density at radius 1 is 1.50 bits per heavy atom. The van der Waals surface area contributed by atoms with E-state index in [1.807, 2.05) is 0 Å². The van der Waals surface area contributed by atoms with E-state index >= 15 is 0 Å². The summed E-state index contributed by atoms with van der Waals surface area (Å²) in [6.45, 7) is 2.11. The summed E-state index contributed by atoms with van der Waals surface area (Å²) in [4.78, 5) is 1.37. The van der Waals surface area contributed by atoms with E-state index in [1.54, 1.807) is 11.3 Å². The van der Waals surface area contributed by atoms with Gasteiger partial charge in [0.2, 0.25) is 0 Å². The fourth-order valence-corrected chi connectivity index (χ4v) is 3.01. The van der Waals surface area contributed by atoms with E-state index in [4.69, 9.17) is 0 Å². The van der Waals surface area contributed by atoms with Crippen LogP contribution in [0.3, 0.4) is 0 Å². The van der Waals surface area contributed by atoms with Crippen molar-refractivity contribution in [2.45, 2.75) is 38.2 Å². The summed E-state index contributed by atoms with van der Waals surface area (Å²) in [6.07, 6.45) is 3.26. The normalized spacial score (nSPS) is 29.5. The molecule has 0 aliphatic heterocycles. The summed E-state index contributed by atoms with van der Waals surface area (Å²) in [7, 11) is 0. The second-order valence-electron chi connectivity index (χ2n) is 3.63. The van der Waals surface area contributed by atoms with Gasteiger partial charge in [-0.05, 0) is 36.8 Å². The summed E-state index contributed by atoms with van der Waals surface area (Å²) >= 11 is 1.79. The molecule has 0 saturated heterocycles. The smallest absolute Gasteiger partial charge is 0.0616 e. The van der Waals surface area contributed by atoms with Crippen molar-refractivity contribution < 1.29 is 5.11 Å². The van der Waals surface area contributed by atoms with Gasteiger partial charge in [-0.3, -0.25) is 0 Å². The molecule has 0 amide bonds. The van der Waals surface area contributed by atoms with E-state index in [9.17, 15) is 5.11 Å². The Morgan fingerprint density at radius 2 is 2.33 bits per heavy atom. The van der Waals surface area contributed by atoms with Gasteiger partial charge < -0.3 is 5.11 Å². The molecule has 0 aromatic carbocycles. The molecule has 1 aromatic rings. The fourth-order valence-electron chi connectivity index (χ4n) is 1.92. The summed E-state index contributed by atoms with van der Waals surface area (Å²) in [5.74, 6) is 0.434. The predicted octanol–water partition coefficient (Wildman–Crippen LogP) is 2.68. The lowest BCUT2D eigenvalue weighted by molar-refractivity contribution is 0.165. The van der Waals surface area contributed by atoms with Gasteiger partial charge >= 0.3 is 0 Å². The van der Waals surface area contributed by atoms with Gasteiger partial charge in [0, 0.05) is 10.8 Å². The Morgan fingerprint density at radius 3 is 2.83 bits per heavy atom. The second kappa shape index (κ2) is 3.19. The van der Waals surface area contributed by atoms with E-state index < -0.39 is 0 Å². The van der Waals surface area contributed by atoms with Crippen molar-refractivity contribution >= 4 is 11.3 Å². The number of hydrogen-bond acceptors (Lipinski definition) is 2. The Bertz CT molecular complexity index is 267. The zero-order chi connectivity index (χ0) is 8.55. The summed E-state index contributed by atoms with van der Waals surface area (Å²) in [5.41, 5.74) is 1.33. The van der Waals surface area contributed by atoms with E-state index in [0.717, 1.165) is 6.42 Å². The molecular formula is C10H14OS. The third-order valence-corrected chi connectivity index (χ3v) is 3.78. The predicted molar refractivity (Wildman–Crippen MR) is 51.7 cm³/mol. The Labute approximate surface area is 77.0 Å². The van der Waals surface area contributed by atoms with E-state index in [-0.39, 0.29) is 6.10 Å². The zero-order valence-corrected chi connectivity index (χ0v) is 8.10. The molecule has 12 heavy (non-hydrogen) atoms. The number of aliphatic hydroxyl groups excluding tert-OH is 1. The first kappa shape index (κ1) is 8.27.